The van der Waals surface area contributed by atoms with Crippen LogP contribution in [0.1, 0.15) is 6.42 Å². The lowest BCUT2D eigenvalue weighted by Gasteiger charge is -2.15. The molecule has 0 radical (unpaired) electrons. The number of likely N-dealkylation sites (tertiary alicyclic amines) is 1. The van der Waals surface area contributed by atoms with Crippen LogP contribution in [0.3, 0.4) is 0 Å². The van der Waals surface area contributed by atoms with Crippen LogP contribution in [0.5, 0.6) is 0 Å². The molecule has 8 nitrogen and oxygen atoms in total. The number of methoxy groups -OCH3 is 1. The smallest absolute Gasteiger partial charge is 0.407 e. The monoisotopic (exact) mass is 254 g/mol. The maximum atomic E-state index is 11.6. The van der Waals surface area contributed by atoms with E-state index in [1.807, 2.05) is 0 Å². The van der Waals surface area contributed by atoms with Gasteiger partial charge in [0.05, 0.1) is 19.2 Å². The summed E-state index contributed by atoms with van der Waals surface area (Å²) in [6.45, 7) is 0.434. The number of ether oxygens (including phenoxy) is 1. The van der Waals surface area contributed by atoms with E-state index in [-0.39, 0.29) is 19.1 Å². The first kappa shape index (κ1) is 13.8. The van der Waals surface area contributed by atoms with Gasteiger partial charge in [-0.15, -0.1) is 0 Å². The van der Waals surface area contributed by atoms with Gasteiger partial charge < -0.3 is 20.3 Å². The van der Waals surface area contributed by atoms with Gasteiger partial charge in [-0.2, -0.15) is 5.26 Å². The van der Waals surface area contributed by atoms with E-state index in [4.69, 9.17) is 5.26 Å². The van der Waals surface area contributed by atoms with Gasteiger partial charge in [-0.05, 0) is 6.42 Å². The topological polar surface area (TPSA) is 112 Å². The maximum Gasteiger partial charge on any atom is 0.407 e. The van der Waals surface area contributed by atoms with E-state index in [1.165, 1.54) is 12.0 Å². The fourth-order valence-corrected chi connectivity index (χ4v) is 1.63. The molecule has 0 aromatic rings. The summed E-state index contributed by atoms with van der Waals surface area (Å²) in [5.74, 6) is -1.50. The number of nitriles is 1. The normalized spacial score (nSPS) is 17.8. The van der Waals surface area contributed by atoms with Crippen molar-refractivity contribution in [2.45, 2.75) is 12.5 Å². The van der Waals surface area contributed by atoms with Gasteiger partial charge in [-0.3, -0.25) is 9.59 Å². The molecule has 0 aromatic carbocycles. The Hall–Kier alpha value is -2.30. The summed E-state index contributed by atoms with van der Waals surface area (Å²) in [5, 5.41) is 13.0. The second-order valence-corrected chi connectivity index (χ2v) is 3.71. The number of carbonyl (C=O) groups is 3. The zero-order chi connectivity index (χ0) is 13.5. The molecule has 98 valence electrons. The van der Waals surface area contributed by atoms with E-state index in [0.29, 0.717) is 13.0 Å². The number of amides is 3. The molecule has 0 saturated carbocycles. The molecular formula is C10H14N4O4. The van der Waals surface area contributed by atoms with Crippen LogP contribution >= 0.6 is 0 Å². The first-order chi connectivity index (χ1) is 8.58. The molecule has 1 aliphatic heterocycles. The van der Waals surface area contributed by atoms with Gasteiger partial charge in [0, 0.05) is 13.1 Å². The van der Waals surface area contributed by atoms with E-state index in [0.717, 1.165) is 0 Å². The summed E-state index contributed by atoms with van der Waals surface area (Å²) in [6.07, 6.45) is -0.00458. The molecule has 0 bridgehead atoms. The second-order valence-electron chi connectivity index (χ2n) is 3.71. The van der Waals surface area contributed by atoms with Crippen molar-refractivity contribution in [3.8, 4) is 6.07 Å². The van der Waals surface area contributed by atoms with E-state index in [9.17, 15) is 14.4 Å². The predicted molar refractivity (Wildman–Crippen MR) is 59.1 cm³/mol. The highest BCUT2D eigenvalue weighted by atomic mass is 16.5. The zero-order valence-electron chi connectivity index (χ0n) is 9.93. The fourth-order valence-electron chi connectivity index (χ4n) is 1.63. The highest BCUT2D eigenvalue weighted by molar-refractivity contribution is 6.35. The van der Waals surface area contributed by atoms with Crippen molar-refractivity contribution >= 4 is 17.9 Å². The molecule has 3 amide bonds. The largest absolute Gasteiger partial charge is 0.453 e. The number of rotatable bonds is 2. The molecule has 8 heteroatoms. The van der Waals surface area contributed by atoms with Gasteiger partial charge in [0.2, 0.25) is 0 Å². The van der Waals surface area contributed by atoms with Gasteiger partial charge in [0.25, 0.3) is 0 Å². The van der Waals surface area contributed by atoms with Crippen LogP contribution in [0, 0.1) is 11.3 Å². The van der Waals surface area contributed by atoms with Gasteiger partial charge in [0.15, 0.2) is 0 Å². The SMILES string of the molecule is COC(=O)NC1CCN(C(=O)C(=O)NCC#N)C1. The number of nitrogens with one attached hydrogen (secondary N) is 2. The number of alkyl carbamates (subject to hydrolysis) is 1. The van der Waals surface area contributed by atoms with Gasteiger partial charge in [-0.1, -0.05) is 0 Å². The third-order valence-corrected chi connectivity index (χ3v) is 2.51. The summed E-state index contributed by atoms with van der Waals surface area (Å²) < 4.78 is 4.44. The lowest BCUT2D eigenvalue weighted by atomic mass is 10.3. The quantitative estimate of drug-likeness (QED) is 0.464. The average molecular weight is 254 g/mol. The highest BCUT2D eigenvalue weighted by Crippen LogP contribution is 2.09. The van der Waals surface area contributed by atoms with Crippen molar-refractivity contribution in [1.29, 1.82) is 5.26 Å². The van der Waals surface area contributed by atoms with Crippen molar-refractivity contribution in [2.24, 2.45) is 0 Å². The molecule has 1 heterocycles. The summed E-state index contributed by atoms with van der Waals surface area (Å²) in [4.78, 5) is 35.2. The zero-order valence-corrected chi connectivity index (χ0v) is 9.93. The van der Waals surface area contributed by atoms with Crippen LogP contribution in [-0.4, -0.2) is 55.6 Å². The molecule has 0 aliphatic carbocycles. The van der Waals surface area contributed by atoms with Crippen LogP contribution in [-0.2, 0) is 14.3 Å². The minimum Gasteiger partial charge on any atom is -0.453 e. The Morgan fingerprint density at radius 3 is 2.83 bits per heavy atom. The number of carbonyl (C=O) groups excluding carboxylic acids is 3. The van der Waals surface area contributed by atoms with Crippen molar-refractivity contribution in [1.82, 2.24) is 15.5 Å². The minimum absolute atomic E-state index is 0.206. The third-order valence-electron chi connectivity index (χ3n) is 2.51. The first-order valence-electron chi connectivity index (χ1n) is 5.37. The van der Waals surface area contributed by atoms with Gasteiger partial charge >= 0.3 is 17.9 Å². The molecule has 18 heavy (non-hydrogen) atoms. The Balaban J connectivity index is 2.41. The number of hydrogen-bond donors (Lipinski definition) is 2. The first-order valence-corrected chi connectivity index (χ1v) is 5.37. The number of hydrogen-bond acceptors (Lipinski definition) is 5. The Morgan fingerprint density at radius 2 is 2.22 bits per heavy atom. The van der Waals surface area contributed by atoms with Crippen molar-refractivity contribution in [3.63, 3.8) is 0 Å². The molecule has 1 rings (SSSR count). The average Bonchev–Trinajstić information content (AvgIpc) is 2.83. The minimum atomic E-state index is -0.810. The Morgan fingerprint density at radius 1 is 1.50 bits per heavy atom. The van der Waals surface area contributed by atoms with Crippen LogP contribution in [0.2, 0.25) is 0 Å². The molecule has 1 aliphatic rings. The summed E-state index contributed by atoms with van der Waals surface area (Å²) in [7, 11) is 1.25. The molecule has 0 aromatic heterocycles. The van der Waals surface area contributed by atoms with Crippen molar-refractivity contribution < 1.29 is 19.1 Å². The molecule has 1 fully saturated rings. The van der Waals surface area contributed by atoms with Crippen LogP contribution in [0.15, 0.2) is 0 Å². The Bertz CT molecular complexity index is 390. The van der Waals surface area contributed by atoms with E-state index < -0.39 is 17.9 Å². The van der Waals surface area contributed by atoms with E-state index >= 15 is 0 Å². The van der Waals surface area contributed by atoms with Gasteiger partial charge in [0.1, 0.15) is 6.54 Å². The molecule has 1 atom stereocenters. The molecule has 2 N–H and O–H groups in total. The standard InChI is InChI=1S/C10H14N4O4/c1-18-10(17)13-7-2-5-14(6-7)9(16)8(15)12-4-3-11/h7H,2,4-6H2,1H3,(H,12,15)(H,13,17). The maximum absolute atomic E-state index is 11.6. The molecule has 1 saturated heterocycles. The molecule has 1 unspecified atom stereocenters. The third kappa shape index (κ3) is 3.62. The highest BCUT2D eigenvalue weighted by Gasteiger charge is 2.30. The summed E-state index contributed by atoms with van der Waals surface area (Å²) in [5.41, 5.74) is 0. The summed E-state index contributed by atoms with van der Waals surface area (Å²) in [6, 6.07) is 1.49. The van der Waals surface area contributed by atoms with Crippen molar-refractivity contribution in [3.05, 3.63) is 0 Å². The molecule has 0 spiro atoms. The van der Waals surface area contributed by atoms with Crippen LogP contribution in [0.4, 0.5) is 4.79 Å². The van der Waals surface area contributed by atoms with E-state index in [1.54, 1.807) is 6.07 Å². The van der Waals surface area contributed by atoms with Crippen LogP contribution < -0.4 is 10.6 Å². The van der Waals surface area contributed by atoms with Gasteiger partial charge in [-0.25, -0.2) is 4.79 Å². The Labute approximate surface area is 104 Å². The van der Waals surface area contributed by atoms with Crippen LogP contribution in [0.25, 0.3) is 0 Å². The predicted octanol–water partition coefficient (Wildman–Crippen LogP) is -1.42. The Kier molecular flexibility index (Phi) is 4.92. The lowest BCUT2D eigenvalue weighted by molar-refractivity contribution is -0.145. The van der Waals surface area contributed by atoms with E-state index in [2.05, 4.69) is 15.4 Å². The fraction of sp³-hybridized carbons (Fsp3) is 0.600. The molecular weight excluding hydrogens is 240 g/mol. The number of nitrogens with zero attached hydrogens (tertiary/aromatic N) is 2. The second kappa shape index (κ2) is 6.44. The van der Waals surface area contributed by atoms with Crippen molar-refractivity contribution in [2.75, 3.05) is 26.7 Å². The lowest BCUT2D eigenvalue weighted by Crippen LogP contribution is -2.44. The summed E-state index contributed by atoms with van der Waals surface area (Å²) >= 11 is 0.